The Balaban J connectivity index is 1.64. The third-order valence-corrected chi connectivity index (χ3v) is 13.2. The quantitative estimate of drug-likeness (QED) is 0.352. The molecule has 5 rings (SSSR count). The Morgan fingerprint density at radius 3 is 2.41 bits per heavy atom. The molecular weight excluding hydrogens is 420 g/mol. The van der Waals surface area contributed by atoms with Gasteiger partial charge >= 0.3 is 5.97 Å². The molecule has 0 aromatic rings. The van der Waals surface area contributed by atoms with Gasteiger partial charge in [0.15, 0.2) is 0 Å². The van der Waals surface area contributed by atoms with Gasteiger partial charge in [0.2, 0.25) is 0 Å². The van der Waals surface area contributed by atoms with Crippen molar-refractivity contribution in [3.63, 3.8) is 0 Å². The van der Waals surface area contributed by atoms with E-state index in [-0.39, 0.29) is 39.7 Å². The molecule has 3 heteroatoms. The summed E-state index contributed by atoms with van der Waals surface area (Å²) in [5.74, 6) is 2.54. The van der Waals surface area contributed by atoms with Crippen LogP contribution in [-0.2, 0) is 9.53 Å². The molecule has 10 atom stereocenters. The van der Waals surface area contributed by atoms with Gasteiger partial charge in [-0.2, -0.15) is 0 Å². The second-order valence-electron chi connectivity index (χ2n) is 14.1. The van der Waals surface area contributed by atoms with Crippen LogP contribution in [0.3, 0.4) is 0 Å². The van der Waals surface area contributed by atoms with E-state index in [0.29, 0.717) is 29.6 Å². The first-order valence-corrected chi connectivity index (χ1v) is 14.0. The lowest BCUT2D eigenvalue weighted by atomic mass is 9.35. The molecule has 3 saturated carbocycles. The van der Waals surface area contributed by atoms with Gasteiger partial charge in [-0.3, -0.25) is 4.79 Å². The van der Waals surface area contributed by atoms with Crippen molar-refractivity contribution in [3.8, 4) is 0 Å². The van der Waals surface area contributed by atoms with E-state index in [4.69, 9.17) is 4.74 Å². The second-order valence-corrected chi connectivity index (χ2v) is 14.1. The fourth-order valence-corrected chi connectivity index (χ4v) is 10.8. The van der Waals surface area contributed by atoms with E-state index in [1.165, 1.54) is 18.4 Å². The summed E-state index contributed by atoms with van der Waals surface area (Å²) in [4.78, 5) is 13.4. The molecule has 5 aliphatic rings. The zero-order chi connectivity index (χ0) is 24.9. The average Bonchev–Trinajstić information content (AvgIpc) is 3.01. The average molecular weight is 469 g/mol. The Hall–Kier alpha value is -1.09. The third-order valence-electron chi connectivity index (χ3n) is 13.2. The Labute approximate surface area is 207 Å². The van der Waals surface area contributed by atoms with Crippen molar-refractivity contribution in [2.24, 2.45) is 56.7 Å². The molecule has 0 aromatic heterocycles. The third kappa shape index (κ3) is 2.66. The van der Waals surface area contributed by atoms with Gasteiger partial charge in [0.1, 0.15) is 0 Å². The van der Waals surface area contributed by atoms with Gasteiger partial charge in [-0.05, 0) is 97.7 Å². The van der Waals surface area contributed by atoms with Gasteiger partial charge in [-0.15, -0.1) is 0 Å². The van der Waals surface area contributed by atoms with E-state index in [9.17, 15) is 9.90 Å². The molecule has 0 aliphatic heterocycles. The van der Waals surface area contributed by atoms with Crippen LogP contribution < -0.4 is 0 Å². The van der Waals surface area contributed by atoms with Gasteiger partial charge < -0.3 is 9.84 Å². The highest BCUT2D eigenvalue weighted by atomic mass is 16.5. The molecule has 0 radical (unpaired) electrons. The van der Waals surface area contributed by atoms with Crippen LogP contribution in [0.1, 0.15) is 93.4 Å². The maximum absolute atomic E-state index is 13.4. The number of esters is 1. The summed E-state index contributed by atoms with van der Waals surface area (Å²) in [5.41, 5.74) is 3.06. The largest absolute Gasteiger partial charge is 0.469 e. The van der Waals surface area contributed by atoms with Crippen LogP contribution >= 0.6 is 0 Å². The maximum atomic E-state index is 13.4. The van der Waals surface area contributed by atoms with Crippen LogP contribution in [0, 0.1) is 56.7 Å². The molecule has 0 saturated heterocycles. The Morgan fingerprint density at radius 2 is 1.76 bits per heavy atom. The number of carbonyl (C=O) groups is 1. The molecule has 34 heavy (non-hydrogen) atoms. The highest BCUT2D eigenvalue weighted by molar-refractivity contribution is 5.78. The van der Waals surface area contributed by atoms with Gasteiger partial charge in [0.25, 0.3) is 0 Å². The number of hydrogen-bond acceptors (Lipinski definition) is 3. The Bertz CT molecular complexity index is 948. The van der Waals surface area contributed by atoms with Crippen molar-refractivity contribution in [1.29, 1.82) is 0 Å². The minimum atomic E-state index is -0.338. The van der Waals surface area contributed by atoms with Crippen LogP contribution in [0.2, 0.25) is 0 Å². The number of hydrogen-bond donors (Lipinski definition) is 1. The van der Waals surface area contributed by atoms with Crippen molar-refractivity contribution in [1.82, 2.24) is 0 Å². The number of methoxy groups -OCH3 is 1. The van der Waals surface area contributed by atoms with Crippen LogP contribution in [0.4, 0.5) is 0 Å². The van der Waals surface area contributed by atoms with Crippen LogP contribution in [0.15, 0.2) is 23.3 Å². The van der Waals surface area contributed by atoms with Gasteiger partial charge in [0, 0.05) is 5.41 Å². The number of carbonyl (C=O) groups excluding carboxylic acids is 1. The molecule has 3 fully saturated rings. The smallest absolute Gasteiger partial charge is 0.312 e. The molecule has 1 N–H and O–H groups in total. The second kappa shape index (κ2) is 7.46. The molecule has 190 valence electrons. The fraction of sp³-hybridized carbons (Fsp3) is 0.839. The number of fused-ring (bicyclic) bond motifs is 7. The summed E-state index contributed by atoms with van der Waals surface area (Å²) in [5, 5.41) is 10.4. The molecule has 0 heterocycles. The van der Waals surface area contributed by atoms with Crippen molar-refractivity contribution in [2.45, 2.75) is 93.4 Å². The summed E-state index contributed by atoms with van der Waals surface area (Å²) in [6, 6.07) is 0. The standard InChI is InChI=1S/C31H48O3/c1-19-11-14-31(26(33)34-8)16-15-28(5)22(25(31)21(19)3)9-10-24-29(28,6)13-12-23-27(4,18-32)17-20(2)30(23,24)7/h9,17,19,21,23-25,32H,10-16,18H2,1-8H3/t19-,21+,23?,24?,25?,27?,28-,29-,30+,31?/m1/s1. The van der Waals surface area contributed by atoms with E-state index in [0.717, 1.165) is 32.1 Å². The lowest BCUT2D eigenvalue weighted by Gasteiger charge is -2.69. The van der Waals surface area contributed by atoms with Gasteiger partial charge in [0.05, 0.1) is 19.1 Å². The maximum Gasteiger partial charge on any atom is 0.312 e. The zero-order valence-corrected chi connectivity index (χ0v) is 23.0. The lowest BCUT2D eigenvalue weighted by Crippen LogP contribution is -2.63. The minimum absolute atomic E-state index is 0.0374. The first kappa shape index (κ1) is 24.6. The summed E-state index contributed by atoms with van der Waals surface area (Å²) in [6.07, 6.45) is 12.6. The van der Waals surface area contributed by atoms with E-state index in [1.807, 2.05) is 0 Å². The molecule has 0 spiro atoms. The van der Waals surface area contributed by atoms with Crippen molar-refractivity contribution in [2.75, 3.05) is 13.7 Å². The normalized spacial score (nSPS) is 54.1. The van der Waals surface area contributed by atoms with E-state index in [1.54, 1.807) is 12.7 Å². The number of allylic oxidation sites excluding steroid dienone is 3. The van der Waals surface area contributed by atoms with Crippen molar-refractivity contribution in [3.05, 3.63) is 23.3 Å². The molecular formula is C31H48O3. The van der Waals surface area contributed by atoms with E-state index < -0.39 is 0 Å². The number of aliphatic hydroxyl groups excluding tert-OH is 1. The molecule has 0 bridgehead atoms. The zero-order valence-electron chi connectivity index (χ0n) is 23.0. The Morgan fingerprint density at radius 1 is 1.06 bits per heavy atom. The topological polar surface area (TPSA) is 46.5 Å². The molecule has 5 aliphatic carbocycles. The lowest BCUT2D eigenvalue weighted by molar-refractivity contribution is -0.177. The predicted molar refractivity (Wildman–Crippen MR) is 137 cm³/mol. The number of rotatable bonds is 2. The first-order chi connectivity index (χ1) is 15.9. The highest BCUT2D eigenvalue weighted by Gasteiger charge is 2.70. The fourth-order valence-electron chi connectivity index (χ4n) is 10.8. The van der Waals surface area contributed by atoms with Crippen LogP contribution in [0.25, 0.3) is 0 Å². The summed E-state index contributed by atoms with van der Waals surface area (Å²) >= 11 is 0. The van der Waals surface area contributed by atoms with Crippen LogP contribution in [-0.4, -0.2) is 24.8 Å². The minimum Gasteiger partial charge on any atom is -0.469 e. The predicted octanol–water partition coefficient (Wildman–Crippen LogP) is 6.96. The Kier molecular flexibility index (Phi) is 5.40. The first-order valence-electron chi connectivity index (χ1n) is 14.0. The highest BCUT2D eigenvalue weighted by Crippen LogP contribution is 2.76. The number of aliphatic hydroxyl groups is 1. The van der Waals surface area contributed by atoms with Gasteiger partial charge in [-0.1, -0.05) is 64.8 Å². The van der Waals surface area contributed by atoms with Gasteiger partial charge in [-0.25, -0.2) is 0 Å². The summed E-state index contributed by atoms with van der Waals surface area (Å²) < 4.78 is 5.50. The molecule has 3 nitrogen and oxygen atoms in total. The van der Waals surface area contributed by atoms with E-state index >= 15 is 0 Å². The van der Waals surface area contributed by atoms with Crippen LogP contribution in [0.5, 0.6) is 0 Å². The molecule has 0 amide bonds. The monoisotopic (exact) mass is 468 g/mol. The van der Waals surface area contributed by atoms with Crippen molar-refractivity contribution >= 4 is 5.97 Å². The van der Waals surface area contributed by atoms with E-state index in [2.05, 4.69) is 60.6 Å². The molecule has 5 unspecified atom stereocenters. The summed E-state index contributed by atoms with van der Waals surface area (Å²) in [7, 11) is 1.59. The number of ether oxygens (including phenoxy) is 1. The summed E-state index contributed by atoms with van der Waals surface area (Å²) in [6.45, 7) is 17.3. The SMILES string of the molecule is COC(=O)C12CC[C@@H](C)[C@H](C)C1C1=CCC3[C@@]4(C)C(C)=CC(C)(CO)C4CC[C@@]3(C)[C@]1(C)CC2. The van der Waals surface area contributed by atoms with Crippen molar-refractivity contribution < 1.29 is 14.6 Å². The molecule has 0 aromatic carbocycles.